The van der Waals surface area contributed by atoms with E-state index in [0.717, 1.165) is 56.3 Å². The molecule has 2 saturated heterocycles. The summed E-state index contributed by atoms with van der Waals surface area (Å²) in [4.78, 5) is 17.0. The Kier molecular flexibility index (Phi) is 3.96. The van der Waals surface area contributed by atoms with E-state index in [2.05, 4.69) is 53.2 Å². The van der Waals surface area contributed by atoms with Gasteiger partial charge in [0.1, 0.15) is 5.76 Å². The van der Waals surface area contributed by atoms with Gasteiger partial charge in [-0.3, -0.25) is 4.79 Å². The van der Waals surface area contributed by atoms with E-state index in [1.54, 1.807) is 0 Å². The molecule has 3 aliphatic rings. The molecule has 3 fully saturated rings. The van der Waals surface area contributed by atoms with E-state index in [0.29, 0.717) is 23.4 Å². The van der Waals surface area contributed by atoms with Crippen LogP contribution in [0.4, 0.5) is 5.82 Å². The molecule has 2 atom stereocenters. The zero-order chi connectivity index (χ0) is 19.5. The summed E-state index contributed by atoms with van der Waals surface area (Å²) in [5, 5.41) is 12.9. The second-order valence-electron chi connectivity index (χ2n) is 9.55. The van der Waals surface area contributed by atoms with E-state index in [4.69, 9.17) is 4.52 Å². The second kappa shape index (κ2) is 6.29. The van der Waals surface area contributed by atoms with Crippen molar-refractivity contribution >= 4 is 11.7 Å². The molecule has 1 aliphatic carbocycles. The molecule has 7 heteroatoms. The Morgan fingerprint density at radius 2 is 1.79 bits per heavy atom. The van der Waals surface area contributed by atoms with Gasteiger partial charge >= 0.3 is 0 Å². The molecular weight excluding hydrogens is 354 g/mol. The van der Waals surface area contributed by atoms with Crippen LogP contribution < -0.4 is 4.90 Å². The summed E-state index contributed by atoms with van der Waals surface area (Å²) in [5.74, 6) is 3.24. The van der Waals surface area contributed by atoms with E-state index in [9.17, 15) is 4.79 Å². The van der Waals surface area contributed by atoms with Gasteiger partial charge in [0.05, 0.1) is 5.69 Å². The van der Waals surface area contributed by atoms with Crippen LogP contribution in [0.15, 0.2) is 22.7 Å². The van der Waals surface area contributed by atoms with Crippen molar-refractivity contribution < 1.29 is 9.32 Å². The molecule has 2 aromatic heterocycles. The predicted molar refractivity (Wildman–Crippen MR) is 104 cm³/mol. The van der Waals surface area contributed by atoms with Gasteiger partial charge in [-0.1, -0.05) is 25.9 Å². The minimum absolute atomic E-state index is 0.00548. The first-order chi connectivity index (χ1) is 13.4. The average Bonchev–Trinajstić information content (AvgIpc) is 3.09. The Balaban J connectivity index is 1.21. The maximum absolute atomic E-state index is 12.8. The first kappa shape index (κ1) is 17.6. The van der Waals surface area contributed by atoms with Crippen LogP contribution in [-0.2, 0) is 5.41 Å². The van der Waals surface area contributed by atoms with Gasteiger partial charge in [-0.25, -0.2) is 0 Å². The predicted octanol–water partition coefficient (Wildman–Crippen LogP) is 2.85. The third-order valence-corrected chi connectivity index (χ3v) is 6.24. The van der Waals surface area contributed by atoms with Gasteiger partial charge in [0.15, 0.2) is 11.5 Å². The molecule has 2 aromatic rings. The summed E-state index contributed by atoms with van der Waals surface area (Å²) in [6.45, 7) is 9.83. The van der Waals surface area contributed by atoms with Gasteiger partial charge < -0.3 is 14.3 Å². The number of rotatable bonds is 3. The van der Waals surface area contributed by atoms with Gasteiger partial charge in [0.25, 0.3) is 5.91 Å². The van der Waals surface area contributed by atoms with Gasteiger partial charge in [-0.15, -0.1) is 5.10 Å². The lowest BCUT2D eigenvalue weighted by Crippen LogP contribution is -2.33. The Hall–Kier alpha value is -2.44. The van der Waals surface area contributed by atoms with Gasteiger partial charge in [-0.05, 0) is 25.0 Å². The number of carbonyl (C=O) groups is 1. The van der Waals surface area contributed by atoms with Crippen LogP contribution in [0, 0.1) is 11.8 Å². The third kappa shape index (κ3) is 3.16. The zero-order valence-corrected chi connectivity index (χ0v) is 16.8. The van der Waals surface area contributed by atoms with Gasteiger partial charge in [0.2, 0.25) is 0 Å². The molecule has 2 unspecified atom stereocenters. The lowest BCUT2D eigenvalue weighted by atomic mass is 9.92. The van der Waals surface area contributed by atoms with Gasteiger partial charge in [-0.2, -0.15) is 5.10 Å². The van der Waals surface area contributed by atoms with Crippen LogP contribution in [0.1, 0.15) is 61.5 Å². The number of carbonyl (C=O) groups excluding carboxylic acids is 1. The molecule has 0 spiro atoms. The van der Waals surface area contributed by atoms with Crippen molar-refractivity contribution in [3.8, 4) is 0 Å². The third-order valence-electron chi connectivity index (χ3n) is 6.24. The Morgan fingerprint density at radius 1 is 1.07 bits per heavy atom. The summed E-state index contributed by atoms with van der Waals surface area (Å²) >= 11 is 0. The van der Waals surface area contributed by atoms with Crippen molar-refractivity contribution in [1.29, 1.82) is 0 Å². The van der Waals surface area contributed by atoms with Crippen LogP contribution in [0.5, 0.6) is 0 Å². The minimum Gasteiger partial charge on any atom is -0.360 e. The quantitative estimate of drug-likeness (QED) is 0.814. The number of amides is 1. The highest BCUT2D eigenvalue weighted by Crippen LogP contribution is 2.40. The summed E-state index contributed by atoms with van der Waals surface area (Å²) in [6.07, 6.45) is 2.29. The van der Waals surface area contributed by atoms with Crippen LogP contribution in [0.3, 0.4) is 0 Å². The van der Waals surface area contributed by atoms with Crippen molar-refractivity contribution in [3.63, 3.8) is 0 Å². The van der Waals surface area contributed by atoms with Crippen LogP contribution in [0.25, 0.3) is 0 Å². The normalized spacial score (nSPS) is 24.7. The molecule has 0 aromatic carbocycles. The number of anilines is 1. The highest BCUT2D eigenvalue weighted by molar-refractivity contribution is 5.92. The SMILES string of the molecule is CC(C)(C)c1ccc(N2CC3CN(C(=O)c4cc(C5CC5)on4)CC3C2)nn1. The number of hydrogen-bond acceptors (Lipinski definition) is 6. The average molecular weight is 381 g/mol. The number of aromatic nitrogens is 3. The van der Waals surface area contributed by atoms with Gasteiger partial charge in [0, 0.05) is 55.4 Å². The minimum atomic E-state index is 0.00548. The molecule has 2 aliphatic heterocycles. The standard InChI is InChI=1S/C21H27N5O2/c1-21(2,3)18-6-7-19(23-22-18)25-9-14-11-26(12-15(14)10-25)20(27)16-8-17(28-24-16)13-4-5-13/h6-8,13-15H,4-5,9-12H2,1-3H3. The fourth-order valence-electron chi connectivity index (χ4n) is 4.35. The van der Waals surface area contributed by atoms with Crippen LogP contribution in [0.2, 0.25) is 0 Å². The fraction of sp³-hybridized carbons (Fsp3) is 0.619. The molecule has 0 bridgehead atoms. The van der Waals surface area contributed by atoms with Crippen molar-refractivity contribution in [2.24, 2.45) is 11.8 Å². The van der Waals surface area contributed by atoms with E-state index in [1.807, 2.05) is 11.0 Å². The van der Waals surface area contributed by atoms with Crippen molar-refractivity contribution in [2.45, 2.75) is 44.9 Å². The van der Waals surface area contributed by atoms with E-state index >= 15 is 0 Å². The molecular formula is C21H27N5O2. The lowest BCUT2D eigenvalue weighted by molar-refractivity contribution is 0.0772. The zero-order valence-electron chi connectivity index (χ0n) is 16.8. The molecule has 0 radical (unpaired) electrons. The first-order valence-corrected chi connectivity index (χ1v) is 10.2. The molecule has 148 valence electrons. The van der Waals surface area contributed by atoms with Crippen molar-refractivity contribution in [1.82, 2.24) is 20.3 Å². The van der Waals surface area contributed by atoms with Crippen molar-refractivity contribution in [2.75, 3.05) is 31.1 Å². The summed E-state index contributed by atoms with van der Waals surface area (Å²) < 4.78 is 5.35. The maximum Gasteiger partial charge on any atom is 0.276 e. The summed E-state index contributed by atoms with van der Waals surface area (Å²) in [6, 6.07) is 5.99. The molecule has 1 saturated carbocycles. The number of nitrogens with zero attached hydrogens (tertiary/aromatic N) is 5. The van der Waals surface area contributed by atoms with E-state index < -0.39 is 0 Å². The smallest absolute Gasteiger partial charge is 0.276 e. The largest absolute Gasteiger partial charge is 0.360 e. The Labute approximate surface area is 165 Å². The Bertz CT molecular complexity index is 867. The molecule has 7 nitrogen and oxygen atoms in total. The molecule has 0 N–H and O–H groups in total. The van der Waals surface area contributed by atoms with E-state index in [-0.39, 0.29) is 11.3 Å². The first-order valence-electron chi connectivity index (χ1n) is 10.2. The Morgan fingerprint density at radius 3 is 2.36 bits per heavy atom. The molecule has 1 amide bonds. The van der Waals surface area contributed by atoms with E-state index in [1.165, 1.54) is 0 Å². The van der Waals surface area contributed by atoms with Crippen LogP contribution in [-0.4, -0.2) is 52.3 Å². The molecule has 5 rings (SSSR count). The number of likely N-dealkylation sites (tertiary alicyclic amines) is 1. The lowest BCUT2D eigenvalue weighted by Gasteiger charge is -2.22. The number of hydrogen-bond donors (Lipinski definition) is 0. The summed E-state index contributed by atoms with van der Waals surface area (Å²) in [7, 11) is 0. The van der Waals surface area contributed by atoms with Crippen molar-refractivity contribution in [3.05, 3.63) is 35.3 Å². The fourth-order valence-corrected chi connectivity index (χ4v) is 4.35. The number of fused-ring (bicyclic) bond motifs is 1. The molecule has 4 heterocycles. The second-order valence-corrected chi connectivity index (χ2v) is 9.55. The monoisotopic (exact) mass is 381 g/mol. The maximum atomic E-state index is 12.8. The summed E-state index contributed by atoms with van der Waals surface area (Å²) in [5.41, 5.74) is 1.47. The van der Waals surface area contributed by atoms with Crippen LogP contribution >= 0.6 is 0 Å². The highest BCUT2D eigenvalue weighted by atomic mass is 16.5. The highest BCUT2D eigenvalue weighted by Gasteiger charge is 2.43. The molecule has 28 heavy (non-hydrogen) atoms. The topological polar surface area (TPSA) is 75.4 Å².